The number of imide groups is 2. The third-order valence-corrected chi connectivity index (χ3v) is 4.86. The largest absolute Gasteiger partial charge is 0.494 e. The van der Waals surface area contributed by atoms with Gasteiger partial charge in [-0.15, -0.1) is 0 Å². The fraction of sp³-hybridized carbons (Fsp3) is 0.381. The number of barbiturate groups is 1. The van der Waals surface area contributed by atoms with Crippen molar-refractivity contribution in [2.45, 2.75) is 40.8 Å². The molecule has 2 rings (SSSR count). The van der Waals surface area contributed by atoms with Crippen LogP contribution in [-0.4, -0.2) is 55.0 Å². The molecule has 1 aliphatic rings. The van der Waals surface area contributed by atoms with Crippen LogP contribution in [0, 0.1) is 0 Å². The van der Waals surface area contributed by atoms with E-state index in [1.54, 1.807) is 27.7 Å². The van der Waals surface area contributed by atoms with Crippen molar-refractivity contribution in [3.8, 4) is 5.88 Å². The number of carbonyl (C=O) groups is 3. The molecular formula is C21H26N4O6. The number of allylic oxidation sites excluding steroid dienone is 4. The summed E-state index contributed by atoms with van der Waals surface area (Å²) in [4.78, 5) is 63.6. The van der Waals surface area contributed by atoms with Crippen LogP contribution in [0.5, 0.6) is 5.88 Å². The van der Waals surface area contributed by atoms with E-state index in [2.05, 4.69) is 0 Å². The summed E-state index contributed by atoms with van der Waals surface area (Å²) < 4.78 is 2.11. The third kappa shape index (κ3) is 4.27. The van der Waals surface area contributed by atoms with Gasteiger partial charge in [0.2, 0.25) is 5.88 Å². The Hall–Kier alpha value is -3.69. The van der Waals surface area contributed by atoms with Gasteiger partial charge in [-0.2, -0.15) is 0 Å². The number of carbonyl (C=O) groups excluding carboxylic acids is 3. The van der Waals surface area contributed by atoms with Crippen LogP contribution >= 0.6 is 0 Å². The number of rotatable bonds is 7. The molecule has 1 N–H and O–H groups in total. The molecule has 0 radical (unpaired) electrons. The average Bonchev–Trinajstić information content (AvgIpc) is 2.73. The number of aromatic hydroxyl groups is 1. The molecule has 0 saturated carbocycles. The van der Waals surface area contributed by atoms with E-state index in [1.807, 2.05) is 0 Å². The molecule has 1 aromatic rings. The van der Waals surface area contributed by atoms with Crippen LogP contribution in [0.3, 0.4) is 0 Å². The van der Waals surface area contributed by atoms with E-state index >= 15 is 0 Å². The quantitative estimate of drug-likeness (QED) is 0.392. The highest BCUT2D eigenvalue weighted by Crippen LogP contribution is 2.17. The van der Waals surface area contributed by atoms with Crippen molar-refractivity contribution in [3.63, 3.8) is 0 Å². The van der Waals surface area contributed by atoms with Crippen molar-refractivity contribution in [2.24, 2.45) is 0 Å². The van der Waals surface area contributed by atoms with Crippen molar-refractivity contribution in [3.05, 3.63) is 56.3 Å². The second-order valence-electron chi connectivity index (χ2n) is 6.52. The molecule has 166 valence electrons. The normalized spacial score (nSPS) is 15.1. The van der Waals surface area contributed by atoms with Crippen molar-refractivity contribution in [1.29, 1.82) is 0 Å². The zero-order valence-electron chi connectivity index (χ0n) is 18.0. The van der Waals surface area contributed by atoms with Crippen LogP contribution < -0.4 is 11.2 Å². The van der Waals surface area contributed by atoms with Gasteiger partial charge in [-0.05, 0) is 39.8 Å². The Morgan fingerprint density at radius 3 is 1.77 bits per heavy atom. The summed E-state index contributed by atoms with van der Waals surface area (Å²) in [7, 11) is 0. The highest BCUT2D eigenvalue weighted by atomic mass is 16.3. The fourth-order valence-electron chi connectivity index (χ4n) is 3.19. The van der Waals surface area contributed by atoms with Gasteiger partial charge in [-0.1, -0.05) is 18.2 Å². The Labute approximate surface area is 179 Å². The Morgan fingerprint density at radius 1 is 0.742 bits per heavy atom. The van der Waals surface area contributed by atoms with E-state index in [4.69, 9.17) is 0 Å². The molecule has 0 spiro atoms. The van der Waals surface area contributed by atoms with Crippen LogP contribution in [0.25, 0.3) is 6.08 Å². The predicted molar refractivity (Wildman–Crippen MR) is 114 cm³/mol. The van der Waals surface area contributed by atoms with Gasteiger partial charge in [-0.3, -0.25) is 33.3 Å². The summed E-state index contributed by atoms with van der Waals surface area (Å²) in [6.45, 7) is 7.23. The number of likely N-dealkylation sites (N-methyl/N-ethyl adjacent to an activating group) is 2. The van der Waals surface area contributed by atoms with Crippen molar-refractivity contribution in [2.75, 3.05) is 13.1 Å². The topological polar surface area (TPSA) is 122 Å². The lowest BCUT2D eigenvalue weighted by Crippen LogP contribution is -2.56. The average molecular weight is 430 g/mol. The van der Waals surface area contributed by atoms with Crippen molar-refractivity contribution in [1.82, 2.24) is 18.9 Å². The lowest BCUT2D eigenvalue weighted by atomic mass is 10.1. The fourth-order valence-corrected chi connectivity index (χ4v) is 3.19. The molecule has 2 heterocycles. The smallest absolute Gasteiger partial charge is 0.333 e. The Balaban J connectivity index is 2.36. The van der Waals surface area contributed by atoms with Crippen LogP contribution in [-0.2, 0) is 22.7 Å². The lowest BCUT2D eigenvalue weighted by molar-refractivity contribution is -0.135. The molecule has 10 heteroatoms. The van der Waals surface area contributed by atoms with Crippen LogP contribution in [0.15, 0.2) is 39.5 Å². The highest BCUT2D eigenvalue weighted by molar-refractivity contribution is 6.28. The first kappa shape index (κ1) is 23.6. The molecule has 1 aromatic heterocycles. The van der Waals surface area contributed by atoms with E-state index in [9.17, 15) is 29.1 Å². The van der Waals surface area contributed by atoms with E-state index in [1.165, 1.54) is 30.4 Å². The van der Waals surface area contributed by atoms with Crippen LogP contribution in [0.1, 0.15) is 33.3 Å². The summed E-state index contributed by atoms with van der Waals surface area (Å²) >= 11 is 0. The molecule has 1 saturated heterocycles. The van der Waals surface area contributed by atoms with E-state index in [-0.39, 0.29) is 37.3 Å². The molecule has 1 fully saturated rings. The maximum atomic E-state index is 12.4. The molecule has 10 nitrogen and oxygen atoms in total. The number of hydrogen-bond acceptors (Lipinski definition) is 6. The Kier molecular flexibility index (Phi) is 7.51. The standard InChI is InChI=1S/C21H26N4O6/c1-5-22-16(26)14(17(27)23(6-2)20(22)30)12-10-9-11-13-15-18(28)24(7-3)21(31)25(8-4)19(15)29/h9-13,26H,5-8H2,1-4H3. The van der Waals surface area contributed by atoms with Crippen molar-refractivity contribution < 1.29 is 19.5 Å². The third-order valence-electron chi connectivity index (χ3n) is 4.86. The first-order chi connectivity index (χ1) is 14.7. The number of hydrogen-bond donors (Lipinski definition) is 1. The second-order valence-corrected chi connectivity index (χ2v) is 6.52. The van der Waals surface area contributed by atoms with Crippen molar-refractivity contribution >= 4 is 23.9 Å². The van der Waals surface area contributed by atoms with Crippen LogP contribution in [0.4, 0.5) is 4.79 Å². The van der Waals surface area contributed by atoms with Gasteiger partial charge < -0.3 is 5.11 Å². The predicted octanol–water partition coefficient (Wildman–Crippen LogP) is 1.08. The maximum Gasteiger partial charge on any atom is 0.333 e. The minimum absolute atomic E-state index is 0.0506. The molecule has 4 amide bonds. The number of aromatic nitrogens is 2. The summed E-state index contributed by atoms with van der Waals surface area (Å²) in [5, 5.41) is 10.3. The SMILES string of the molecule is CCN1C(=O)C(=CC=CC=Cc2c(O)n(CC)c(=O)n(CC)c2=O)C(=O)N(CC)C1=O. The molecule has 0 atom stereocenters. The summed E-state index contributed by atoms with van der Waals surface area (Å²) in [5.41, 5.74) is -1.41. The summed E-state index contributed by atoms with van der Waals surface area (Å²) in [6.07, 6.45) is 6.96. The number of amides is 4. The Bertz CT molecular complexity index is 1080. The minimum Gasteiger partial charge on any atom is -0.494 e. The van der Waals surface area contributed by atoms with Gasteiger partial charge in [0.25, 0.3) is 17.4 Å². The zero-order valence-corrected chi connectivity index (χ0v) is 18.0. The molecule has 0 aliphatic carbocycles. The number of nitrogens with zero attached hydrogens (tertiary/aromatic N) is 4. The molecule has 0 aromatic carbocycles. The highest BCUT2D eigenvalue weighted by Gasteiger charge is 2.39. The van der Waals surface area contributed by atoms with Gasteiger partial charge in [-0.25, -0.2) is 9.59 Å². The van der Waals surface area contributed by atoms with Gasteiger partial charge >= 0.3 is 11.7 Å². The molecule has 31 heavy (non-hydrogen) atoms. The molecule has 0 unspecified atom stereocenters. The van der Waals surface area contributed by atoms with Gasteiger partial charge in [0.1, 0.15) is 11.1 Å². The van der Waals surface area contributed by atoms with Gasteiger partial charge in [0.15, 0.2) is 0 Å². The summed E-state index contributed by atoms with van der Waals surface area (Å²) in [5.74, 6) is -1.78. The molecule has 0 bridgehead atoms. The minimum atomic E-state index is -0.672. The summed E-state index contributed by atoms with van der Waals surface area (Å²) in [6, 6.07) is -0.644. The zero-order chi connectivity index (χ0) is 23.3. The van der Waals surface area contributed by atoms with E-state index in [0.29, 0.717) is 0 Å². The van der Waals surface area contributed by atoms with Crippen LogP contribution in [0.2, 0.25) is 0 Å². The number of urea groups is 1. The van der Waals surface area contributed by atoms with Gasteiger partial charge in [0.05, 0.1) is 0 Å². The monoisotopic (exact) mass is 430 g/mol. The molecule has 1 aliphatic heterocycles. The van der Waals surface area contributed by atoms with E-state index < -0.39 is 35.0 Å². The molecular weight excluding hydrogens is 404 g/mol. The second kappa shape index (κ2) is 9.88. The first-order valence-corrected chi connectivity index (χ1v) is 10.0. The Morgan fingerprint density at radius 2 is 1.29 bits per heavy atom. The maximum absolute atomic E-state index is 12.4. The lowest BCUT2D eigenvalue weighted by Gasteiger charge is -2.32. The van der Waals surface area contributed by atoms with Gasteiger partial charge in [0, 0.05) is 26.2 Å². The van der Waals surface area contributed by atoms with E-state index in [0.717, 1.165) is 18.9 Å². The first-order valence-electron chi connectivity index (χ1n) is 10.0.